The number of aliphatic hydroxyl groups excluding tert-OH is 1. The average molecular weight is 489 g/mol. The minimum atomic E-state index is -3.36. The quantitative estimate of drug-likeness (QED) is 0.403. The second-order valence-electron chi connectivity index (χ2n) is 6.93. The third-order valence-electron chi connectivity index (χ3n) is 4.40. The van der Waals surface area contributed by atoms with Crippen molar-refractivity contribution in [2.45, 2.75) is 18.2 Å². The molecule has 1 heterocycles. The maximum atomic E-state index is 11.7. The molecule has 3 aromatic rings. The van der Waals surface area contributed by atoms with E-state index >= 15 is 0 Å². The van der Waals surface area contributed by atoms with Crippen LogP contribution in [0, 0.1) is 0 Å². The van der Waals surface area contributed by atoms with Gasteiger partial charge in [0.05, 0.1) is 24.3 Å². The Hall–Kier alpha value is -3.70. The SMILES string of the molecule is CCOC(=O)c1cnc(Nc2ccc(S(C)(=O)=O)cc2OC)nc1N.OCCc1ccccc1. The van der Waals surface area contributed by atoms with E-state index in [0.717, 1.165) is 12.7 Å². The molecule has 4 N–H and O–H groups in total. The normalized spacial score (nSPS) is 10.6. The molecule has 0 bridgehead atoms. The van der Waals surface area contributed by atoms with Gasteiger partial charge in [-0.05, 0) is 31.0 Å². The molecule has 0 atom stereocenters. The van der Waals surface area contributed by atoms with E-state index in [1.165, 1.54) is 37.1 Å². The zero-order valence-electron chi connectivity index (χ0n) is 19.2. The first kappa shape index (κ1) is 26.6. The molecule has 11 heteroatoms. The van der Waals surface area contributed by atoms with E-state index in [0.29, 0.717) is 11.4 Å². The fourth-order valence-corrected chi connectivity index (χ4v) is 3.36. The Bertz CT molecular complexity index is 1200. The number of benzene rings is 2. The van der Waals surface area contributed by atoms with Gasteiger partial charge in [0.15, 0.2) is 9.84 Å². The van der Waals surface area contributed by atoms with Gasteiger partial charge in [-0.3, -0.25) is 0 Å². The maximum absolute atomic E-state index is 11.7. The number of aromatic nitrogens is 2. The van der Waals surface area contributed by atoms with Gasteiger partial charge < -0.3 is 25.6 Å². The largest absolute Gasteiger partial charge is 0.495 e. The summed E-state index contributed by atoms with van der Waals surface area (Å²) in [5, 5.41) is 11.4. The van der Waals surface area contributed by atoms with Gasteiger partial charge in [-0.15, -0.1) is 0 Å². The summed E-state index contributed by atoms with van der Waals surface area (Å²) in [6.45, 7) is 2.13. The number of nitrogens with two attached hydrogens (primary N) is 1. The number of esters is 1. The molecule has 0 saturated heterocycles. The first-order valence-electron chi connectivity index (χ1n) is 10.3. The van der Waals surface area contributed by atoms with Crippen molar-refractivity contribution in [3.63, 3.8) is 0 Å². The molecule has 0 amide bonds. The first-order valence-corrected chi connectivity index (χ1v) is 12.2. The van der Waals surface area contributed by atoms with Crippen LogP contribution in [0.3, 0.4) is 0 Å². The van der Waals surface area contributed by atoms with E-state index in [1.807, 2.05) is 30.3 Å². The van der Waals surface area contributed by atoms with Gasteiger partial charge in [-0.2, -0.15) is 4.98 Å². The highest BCUT2D eigenvalue weighted by molar-refractivity contribution is 7.90. The predicted molar refractivity (Wildman–Crippen MR) is 129 cm³/mol. The molecule has 0 fully saturated rings. The van der Waals surface area contributed by atoms with Crippen LogP contribution in [0.25, 0.3) is 0 Å². The molecule has 34 heavy (non-hydrogen) atoms. The van der Waals surface area contributed by atoms with E-state index < -0.39 is 15.8 Å². The molecule has 0 spiro atoms. The lowest BCUT2D eigenvalue weighted by Gasteiger charge is -2.12. The Morgan fingerprint density at radius 3 is 2.44 bits per heavy atom. The Labute approximate surface area is 198 Å². The molecule has 182 valence electrons. The number of ether oxygens (including phenoxy) is 2. The fraction of sp³-hybridized carbons (Fsp3) is 0.261. The van der Waals surface area contributed by atoms with Crippen LogP contribution in [-0.2, 0) is 21.0 Å². The number of anilines is 3. The molecule has 0 radical (unpaired) electrons. The Morgan fingerprint density at radius 2 is 1.88 bits per heavy atom. The molecule has 0 saturated carbocycles. The molecule has 1 aromatic heterocycles. The number of methoxy groups -OCH3 is 1. The molecular weight excluding hydrogens is 460 g/mol. The third kappa shape index (κ3) is 7.71. The lowest BCUT2D eigenvalue weighted by molar-refractivity contribution is 0.0526. The van der Waals surface area contributed by atoms with Crippen molar-refractivity contribution in [1.29, 1.82) is 0 Å². The van der Waals surface area contributed by atoms with Gasteiger partial charge in [0.1, 0.15) is 17.1 Å². The van der Waals surface area contributed by atoms with Gasteiger partial charge in [0.2, 0.25) is 5.95 Å². The van der Waals surface area contributed by atoms with E-state index in [9.17, 15) is 13.2 Å². The molecule has 0 aliphatic rings. The number of nitrogens with zero attached hydrogens (tertiary/aromatic N) is 2. The number of nitrogen functional groups attached to an aromatic ring is 1. The number of hydrogen-bond donors (Lipinski definition) is 3. The van der Waals surface area contributed by atoms with Crippen LogP contribution >= 0.6 is 0 Å². The predicted octanol–water partition coefficient (Wildman–Crippen LogP) is 2.61. The lowest BCUT2D eigenvalue weighted by atomic mass is 10.2. The first-order chi connectivity index (χ1) is 16.2. The fourth-order valence-electron chi connectivity index (χ4n) is 2.72. The van der Waals surface area contributed by atoms with Crippen LogP contribution in [0.2, 0.25) is 0 Å². The second kappa shape index (κ2) is 12.5. The average Bonchev–Trinajstić information content (AvgIpc) is 2.80. The number of carbonyl (C=O) groups excluding carboxylic acids is 1. The van der Waals surface area contributed by atoms with Crippen molar-refractivity contribution in [3.05, 3.63) is 65.9 Å². The summed E-state index contributed by atoms with van der Waals surface area (Å²) in [6, 6.07) is 14.3. The van der Waals surface area contributed by atoms with Crippen LogP contribution in [0.4, 0.5) is 17.5 Å². The topological polar surface area (TPSA) is 154 Å². The van der Waals surface area contributed by atoms with Gasteiger partial charge in [0.25, 0.3) is 0 Å². The van der Waals surface area contributed by atoms with Crippen LogP contribution in [0.5, 0.6) is 5.75 Å². The molecular formula is C23H28N4O6S. The smallest absolute Gasteiger partial charge is 0.343 e. The highest BCUT2D eigenvalue weighted by Crippen LogP contribution is 2.29. The van der Waals surface area contributed by atoms with E-state index in [2.05, 4.69) is 15.3 Å². The Kier molecular flexibility index (Phi) is 9.77. The molecule has 0 aliphatic carbocycles. The third-order valence-corrected chi connectivity index (χ3v) is 5.51. The monoisotopic (exact) mass is 488 g/mol. The summed E-state index contributed by atoms with van der Waals surface area (Å²) < 4.78 is 33.3. The van der Waals surface area contributed by atoms with Gasteiger partial charge in [-0.25, -0.2) is 18.2 Å². The van der Waals surface area contributed by atoms with Crippen molar-refractivity contribution >= 4 is 33.3 Å². The second-order valence-corrected chi connectivity index (χ2v) is 8.95. The number of rotatable bonds is 8. The van der Waals surface area contributed by atoms with Crippen molar-refractivity contribution in [2.24, 2.45) is 0 Å². The highest BCUT2D eigenvalue weighted by Gasteiger charge is 2.16. The Morgan fingerprint density at radius 1 is 1.18 bits per heavy atom. The number of sulfone groups is 1. The molecule has 3 rings (SSSR count). The maximum Gasteiger partial charge on any atom is 0.343 e. The van der Waals surface area contributed by atoms with Crippen LogP contribution < -0.4 is 15.8 Å². The zero-order valence-corrected chi connectivity index (χ0v) is 20.0. The zero-order chi connectivity index (χ0) is 25.1. The molecule has 0 aliphatic heterocycles. The van der Waals surface area contributed by atoms with Crippen molar-refractivity contribution < 1.29 is 27.8 Å². The van der Waals surface area contributed by atoms with Crippen molar-refractivity contribution in [1.82, 2.24) is 9.97 Å². The van der Waals surface area contributed by atoms with E-state index in [-0.39, 0.29) is 35.4 Å². The molecule has 0 unspecified atom stereocenters. The van der Waals surface area contributed by atoms with Crippen LogP contribution in [0.1, 0.15) is 22.8 Å². The van der Waals surface area contributed by atoms with E-state index in [4.69, 9.17) is 20.3 Å². The number of carbonyl (C=O) groups is 1. The number of nitrogens with one attached hydrogen (secondary N) is 1. The molecule has 2 aromatic carbocycles. The molecule has 10 nitrogen and oxygen atoms in total. The van der Waals surface area contributed by atoms with Gasteiger partial charge in [-0.1, -0.05) is 30.3 Å². The standard InChI is InChI=1S/C15H18N4O5S.C8H10O/c1-4-24-14(20)10-8-17-15(19-13(10)16)18-11-6-5-9(25(3,21)22)7-12(11)23-2;9-7-6-8-4-2-1-3-5-8/h5-8H,4H2,1-3H3,(H3,16,17,18,19);1-5,9H,6-7H2. The number of hydrogen-bond acceptors (Lipinski definition) is 10. The summed E-state index contributed by atoms with van der Waals surface area (Å²) in [6.07, 6.45) is 3.12. The van der Waals surface area contributed by atoms with Crippen LogP contribution in [0.15, 0.2) is 59.6 Å². The Balaban J connectivity index is 0.000000379. The summed E-state index contributed by atoms with van der Waals surface area (Å²) in [7, 11) is -1.95. The van der Waals surface area contributed by atoms with Crippen molar-refractivity contribution in [2.75, 3.05) is 37.6 Å². The summed E-state index contributed by atoms with van der Waals surface area (Å²) >= 11 is 0. The minimum Gasteiger partial charge on any atom is -0.495 e. The van der Waals surface area contributed by atoms with Crippen LogP contribution in [-0.4, -0.2) is 56.0 Å². The summed E-state index contributed by atoms with van der Waals surface area (Å²) in [5.74, 6) is -0.236. The number of aliphatic hydroxyl groups is 1. The summed E-state index contributed by atoms with van der Waals surface area (Å²) in [4.78, 5) is 19.8. The van der Waals surface area contributed by atoms with E-state index in [1.54, 1.807) is 6.92 Å². The van der Waals surface area contributed by atoms with Gasteiger partial charge >= 0.3 is 5.97 Å². The minimum absolute atomic E-state index is 0.0392. The highest BCUT2D eigenvalue weighted by atomic mass is 32.2. The van der Waals surface area contributed by atoms with Crippen molar-refractivity contribution in [3.8, 4) is 5.75 Å². The lowest BCUT2D eigenvalue weighted by Crippen LogP contribution is -2.11. The van der Waals surface area contributed by atoms with Gasteiger partial charge in [0, 0.05) is 25.1 Å². The summed E-state index contributed by atoms with van der Waals surface area (Å²) in [5.41, 5.74) is 7.45.